The molecule has 0 radical (unpaired) electrons. The van der Waals surface area contributed by atoms with Gasteiger partial charge in [-0.3, -0.25) is 14.3 Å². The predicted octanol–water partition coefficient (Wildman–Crippen LogP) is -1.67. The quantitative estimate of drug-likeness (QED) is 0.176. The van der Waals surface area contributed by atoms with Crippen LogP contribution < -0.4 is 11.3 Å². The molecule has 2 heterocycles. The van der Waals surface area contributed by atoms with E-state index in [9.17, 15) is 38.5 Å². The standard InChI is InChI=1S/C12H18N5O13P3/c13-11-15-9-5(10(20)16-11)14-3-17(9)6-4-1-12(4,8(19)7(6)18)2-28-32(24,25)30-33(26,27)29-31(21,22)23/h3-4,6-8,18-19H,1-2H2,(H,24,25)(H,26,27)(H2,21,22,23)(H3,13,15,16,20)/t4-,6-,7+,8+,12-/m1/s1. The van der Waals surface area contributed by atoms with Gasteiger partial charge in [-0.05, 0) is 12.3 Å². The lowest BCUT2D eigenvalue weighted by Gasteiger charge is -2.24. The van der Waals surface area contributed by atoms with Crippen LogP contribution >= 0.6 is 23.5 Å². The number of hydrogen-bond acceptors (Lipinski definition) is 12. The van der Waals surface area contributed by atoms with Crippen LogP contribution in [0.2, 0.25) is 0 Å². The lowest BCUT2D eigenvalue weighted by molar-refractivity contribution is -0.0297. The van der Waals surface area contributed by atoms with Gasteiger partial charge < -0.3 is 40.1 Å². The second-order valence-electron chi connectivity index (χ2n) is 7.61. The van der Waals surface area contributed by atoms with Crippen LogP contribution in [0.5, 0.6) is 0 Å². The molecule has 2 saturated carbocycles. The van der Waals surface area contributed by atoms with Crippen LogP contribution in [0.3, 0.4) is 0 Å². The first kappa shape index (κ1) is 24.6. The average Bonchev–Trinajstić information content (AvgIpc) is 3.13. The number of anilines is 1. The zero-order chi connectivity index (χ0) is 24.6. The number of fused-ring (bicyclic) bond motifs is 2. The molecule has 9 N–H and O–H groups in total. The number of aromatic nitrogens is 4. The molecular weight excluding hydrogens is 515 g/mol. The number of nitrogens with zero attached hydrogens (tertiary/aromatic N) is 3. The minimum absolute atomic E-state index is 0.0306. The number of H-pyrrole nitrogens is 1. The largest absolute Gasteiger partial charge is 0.490 e. The molecule has 0 aliphatic heterocycles. The molecule has 0 saturated heterocycles. The summed E-state index contributed by atoms with van der Waals surface area (Å²) in [6.07, 6.45) is -1.59. The van der Waals surface area contributed by atoms with Crippen LogP contribution in [-0.4, -0.2) is 68.1 Å². The number of hydrogen-bond donors (Lipinski definition) is 8. The van der Waals surface area contributed by atoms with E-state index >= 15 is 0 Å². The van der Waals surface area contributed by atoms with E-state index in [4.69, 9.17) is 15.5 Å². The van der Waals surface area contributed by atoms with Crippen molar-refractivity contribution in [3.05, 3.63) is 16.7 Å². The first-order valence-corrected chi connectivity index (χ1v) is 13.4. The molecule has 7 atom stereocenters. The Labute approximate surface area is 182 Å². The summed E-state index contributed by atoms with van der Waals surface area (Å²) in [4.78, 5) is 58.2. The first-order valence-electron chi connectivity index (χ1n) is 8.92. The van der Waals surface area contributed by atoms with Crippen molar-refractivity contribution in [3.8, 4) is 0 Å². The van der Waals surface area contributed by atoms with Crippen molar-refractivity contribution in [2.45, 2.75) is 24.7 Å². The van der Waals surface area contributed by atoms with Crippen LogP contribution in [0, 0.1) is 11.3 Å². The van der Waals surface area contributed by atoms with Gasteiger partial charge in [-0.2, -0.15) is 13.6 Å². The maximum Gasteiger partial charge on any atom is 0.490 e. The SMILES string of the molecule is Nc1nc2c(ncn2[C@H]2[C@H](O)[C@H](O)[C@@]3(COP(=O)(O)OP(=O)(O)OP(=O)(O)O)C[C@H]23)c(=O)[nH]1. The van der Waals surface area contributed by atoms with E-state index in [1.54, 1.807) is 0 Å². The molecule has 21 heteroatoms. The van der Waals surface area contributed by atoms with Crippen LogP contribution in [0.4, 0.5) is 5.95 Å². The molecule has 18 nitrogen and oxygen atoms in total. The minimum Gasteiger partial charge on any atom is -0.390 e. The highest BCUT2D eigenvalue weighted by atomic mass is 31.3. The summed E-state index contributed by atoms with van der Waals surface area (Å²) < 4.78 is 47.4. The maximum absolute atomic E-state index is 12.0. The Morgan fingerprint density at radius 1 is 1.18 bits per heavy atom. The van der Waals surface area contributed by atoms with Gasteiger partial charge in [0.1, 0.15) is 6.10 Å². The molecule has 2 unspecified atom stereocenters. The van der Waals surface area contributed by atoms with Crippen molar-refractivity contribution >= 4 is 40.6 Å². The molecular formula is C12H18N5O13P3. The number of rotatable bonds is 8. The molecule has 2 aromatic rings. The summed E-state index contributed by atoms with van der Waals surface area (Å²) in [5, 5.41) is 21.2. The van der Waals surface area contributed by atoms with Gasteiger partial charge in [0.15, 0.2) is 11.2 Å². The number of nitrogens with two attached hydrogens (primary N) is 1. The van der Waals surface area contributed by atoms with E-state index in [-0.39, 0.29) is 23.5 Å². The van der Waals surface area contributed by atoms with Gasteiger partial charge in [0.2, 0.25) is 5.95 Å². The summed E-state index contributed by atoms with van der Waals surface area (Å²) >= 11 is 0. The molecule has 4 rings (SSSR count). The Balaban J connectivity index is 1.53. The number of phosphoric ester groups is 1. The van der Waals surface area contributed by atoms with E-state index in [0.717, 1.165) is 0 Å². The van der Waals surface area contributed by atoms with E-state index in [2.05, 4.69) is 28.1 Å². The molecule has 0 aromatic carbocycles. The number of aliphatic hydroxyl groups is 2. The Bertz CT molecular complexity index is 1310. The van der Waals surface area contributed by atoms with Crippen LogP contribution in [0.1, 0.15) is 12.5 Å². The molecule has 2 aromatic heterocycles. The van der Waals surface area contributed by atoms with Gasteiger partial charge in [0.05, 0.1) is 25.1 Å². The monoisotopic (exact) mass is 533 g/mol. The van der Waals surface area contributed by atoms with E-state index in [1.165, 1.54) is 10.9 Å². The predicted molar refractivity (Wildman–Crippen MR) is 104 cm³/mol. The fourth-order valence-corrected chi connectivity index (χ4v) is 7.29. The second-order valence-corrected chi connectivity index (χ2v) is 12.0. The smallest absolute Gasteiger partial charge is 0.390 e. The molecule has 0 spiro atoms. The van der Waals surface area contributed by atoms with E-state index in [0.29, 0.717) is 0 Å². The maximum atomic E-state index is 12.0. The van der Waals surface area contributed by atoms with Crippen molar-refractivity contribution in [2.75, 3.05) is 12.3 Å². The van der Waals surface area contributed by atoms with Crippen molar-refractivity contribution in [3.63, 3.8) is 0 Å². The minimum atomic E-state index is -5.70. The zero-order valence-electron chi connectivity index (χ0n) is 16.1. The molecule has 0 bridgehead atoms. The number of phosphoric acid groups is 3. The first-order chi connectivity index (χ1) is 15.1. The molecule has 2 fully saturated rings. The zero-order valence-corrected chi connectivity index (χ0v) is 18.8. The van der Waals surface area contributed by atoms with Crippen molar-refractivity contribution < 1.29 is 56.6 Å². The van der Waals surface area contributed by atoms with Crippen molar-refractivity contribution in [2.24, 2.45) is 11.3 Å². The summed E-state index contributed by atoms with van der Waals surface area (Å²) in [7, 11) is -16.7. The Hall–Kier alpha value is -1.52. The molecule has 2 aliphatic carbocycles. The van der Waals surface area contributed by atoms with Gasteiger partial charge in [-0.15, -0.1) is 0 Å². The second kappa shape index (κ2) is 7.75. The normalized spacial score (nSPS) is 32.9. The highest BCUT2D eigenvalue weighted by Crippen LogP contribution is 2.71. The Kier molecular flexibility index (Phi) is 5.77. The lowest BCUT2D eigenvalue weighted by atomic mass is 10.0. The molecule has 33 heavy (non-hydrogen) atoms. The van der Waals surface area contributed by atoms with Crippen LogP contribution in [-0.2, 0) is 26.8 Å². The van der Waals surface area contributed by atoms with Gasteiger partial charge in [-0.1, -0.05) is 0 Å². The third kappa shape index (κ3) is 4.58. The Morgan fingerprint density at radius 2 is 1.85 bits per heavy atom. The number of nitrogens with one attached hydrogen (secondary N) is 1. The number of imidazole rings is 1. The van der Waals surface area contributed by atoms with Gasteiger partial charge in [-0.25, -0.2) is 18.7 Å². The Morgan fingerprint density at radius 3 is 2.48 bits per heavy atom. The van der Waals surface area contributed by atoms with Gasteiger partial charge in [0.25, 0.3) is 5.56 Å². The summed E-state index contributed by atoms with van der Waals surface area (Å²) in [5.74, 6) is -0.786. The van der Waals surface area contributed by atoms with E-state index in [1.807, 2.05) is 0 Å². The molecule has 2 aliphatic rings. The highest BCUT2D eigenvalue weighted by Gasteiger charge is 2.72. The number of aromatic amines is 1. The molecule has 0 amide bonds. The van der Waals surface area contributed by atoms with Crippen molar-refractivity contribution in [1.82, 2.24) is 19.5 Å². The fraction of sp³-hybridized carbons (Fsp3) is 0.583. The average molecular weight is 533 g/mol. The van der Waals surface area contributed by atoms with Crippen LogP contribution in [0.15, 0.2) is 11.1 Å². The summed E-state index contributed by atoms with van der Waals surface area (Å²) in [6.45, 7) is -0.751. The highest BCUT2D eigenvalue weighted by molar-refractivity contribution is 7.66. The third-order valence-corrected chi connectivity index (χ3v) is 9.32. The number of aliphatic hydroxyl groups excluding tert-OH is 2. The summed E-state index contributed by atoms with van der Waals surface area (Å²) in [6, 6.07) is -0.886. The third-order valence-electron chi connectivity index (χ3n) is 5.54. The van der Waals surface area contributed by atoms with Gasteiger partial charge in [0, 0.05) is 5.41 Å². The van der Waals surface area contributed by atoms with Crippen molar-refractivity contribution in [1.29, 1.82) is 0 Å². The van der Waals surface area contributed by atoms with Crippen LogP contribution in [0.25, 0.3) is 11.2 Å². The number of nitrogen functional groups attached to an aromatic ring is 1. The summed E-state index contributed by atoms with van der Waals surface area (Å²) in [5.41, 5.74) is 3.59. The molecule has 184 valence electrons. The lowest BCUT2D eigenvalue weighted by Crippen LogP contribution is -2.36. The van der Waals surface area contributed by atoms with Gasteiger partial charge >= 0.3 is 23.5 Å². The van der Waals surface area contributed by atoms with E-state index < -0.39 is 65.2 Å². The fourth-order valence-electron chi connectivity index (χ4n) is 4.19. The topological polar surface area (TPSA) is 290 Å².